The summed E-state index contributed by atoms with van der Waals surface area (Å²) < 4.78 is 68.9. The first-order valence-electron chi connectivity index (χ1n) is 5.96. The van der Waals surface area contributed by atoms with E-state index in [4.69, 9.17) is 10.5 Å². The van der Waals surface area contributed by atoms with Gasteiger partial charge in [-0.1, -0.05) is 0 Å². The van der Waals surface area contributed by atoms with E-state index in [1.807, 2.05) is 0 Å². The first-order chi connectivity index (χ1) is 9.65. The Hall–Kier alpha value is -1.48. The Labute approximate surface area is 120 Å². The average Bonchev–Trinajstić information content (AvgIpc) is 2.37. The standard InChI is InChI=1S/C12H16F3NO4S/c1-19-9-3-4-10(16)11(7-9)21(17,18)6-2-5-20-8-12(13,14)15/h3-4,7H,2,5-6,8,16H2,1H3. The normalized spacial score (nSPS) is 12.4. The second-order valence-corrected chi connectivity index (χ2v) is 6.32. The van der Waals surface area contributed by atoms with Crippen LogP contribution in [0.4, 0.5) is 18.9 Å². The number of sulfone groups is 1. The number of methoxy groups -OCH3 is 1. The fraction of sp³-hybridized carbons (Fsp3) is 0.500. The third-order valence-corrected chi connectivity index (χ3v) is 4.37. The summed E-state index contributed by atoms with van der Waals surface area (Å²) in [7, 11) is -2.32. The molecule has 0 radical (unpaired) electrons. The van der Waals surface area contributed by atoms with Crippen molar-refractivity contribution < 1.29 is 31.1 Å². The predicted octanol–water partition coefficient (Wildman–Crippen LogP) is 2.02. The van der Waals surface area contributed by atoms with Gasteiger partial charge >= 0.3 is 6.18 Å². The number of alkyl halides is 3. The summed E-state index contributed by atoms with van der Waals surface area (Å²) in [4.78, 5) is -0.0994. The SMILES string of the molecule is COc1ccc(N)c(S(=O)(=O)CCCOCC(F)(F)F)c1. The number of ether oxygens (including phenoxy) is 2. The largest absolute Gasteiger partial charge is 0.497 e. The summed E-state index contributed by atoms with van der Waals surface area (Å²) in [5, 5.41) is 0. The molecule has 0 saturated carbocycles. The number of hydrogen-bond donors (Lipinski definition) is 1. The average molecular weight is 327 g/mol. The number of nitrogens with two attached hydrogens (primary N) is 1. The van der Waals surface area contributed by atoms with Gasteiger partial charge in [0.25, 0.3) is 0 Å². The molecule has 1 aromatic carbocycles. The lowest BCUT2D eigenvalue weighted by molar-refractivity contribution is -0.173. The van der Waals surface area contributed by atoms with Crippen molar-refractivity contribution in [2.24, 2.45) is 0 Å². The summed E-state index contributed by atoms with van der Waals surface area (Å²) in [5.41, 5.74) is 5.67. The van der Waals surface area contributed by atoms with Crippen molar-refractivity contribution in [3.05, 3.63) is 18.2 Å². The predicted molar refractivity (Wildman–Crippen MR) is 71.0 cm³/mol. The van der Waals surface area contributed by atoms with Gasteiger partial charge in [-0.05, 0) is 18.6 Å². The van der Waals surface area contributed by atoms with Crippen molar-refractivity contribution in [3.8, 4) is 5.75 Å². The lowest BCUT2D eigenvalue weighted by Crippen LogP contribution is -2.18. The highest BCUT2D eigenvalue weighted by atomic mass is 32.2. The van der Waals surface area contributed by atoms with E-state index in [1.165, 1.54) is 25.3 Å². The number of rotatable bonds is 7. The second kappa shape index (κ2) is 6.99. The molecule has 0 fully saturated rings. The first kappa shape index (κ1) is 17.6. The molecule has 0 aliphatic rings. The molecule has 0 spiro atoms. The van der Waals surface area contributed by atoms with Crippen LogP contribution < -0.4 is 10.5 Å². The van der Waals surface area contributed by atoms with Gasteiger partial charge in [0.15, 0.2) is 9.84 Å². The molecule has 0 heterocycles. The Morgan fingerprint density at radius 3 is 2.52 bits per heavy atom. The Bertz CT molecular complexity index is 572. The van der Waals surface area contributed by atoms with Gasteiger partial charge < -0.3 is 15.2 Å². The molecule has 0 aliphatic carbocycles. The van der Waals surface area contributed by atoms with Crippen LogP contribution in [0.1, 0.15) is 6.42 Å². The maximum Gasteiger partial charge on any atom is 0.411 e. The quantitative estimate of drug-likeness (QED) is 0.612. The molecule has 1 rings (SSSR count). The van der Waals surface area contributed by atoms with Crippen LogP contribution >= 0.6 is 0 Å². The maximum absolute atomic E-state index is 12.1. The summed E-state index contributed by atoms with van der Waals surface area (Å²) in [6.07, 6.45) is -4.48. The summed E-state index contributed by atoms with van der Waals surface area (Å²) >= 11 is 0. The molecule has 2 N–H and O–H groups in total. The van der Waals surface area contributed by atoms with Gasteiger partial charge in [-0.15, -0.1) is 0 Å². The van der Waals surface area contributed by atoms with Crippen molar-refractivity contribution in [1.82, 2.24) is 0 Å². The Kier molecular flexibility index (Phi) is 5.85. The van der Waals surface area contributed by atoms with Gasteiger partial charge in [-0.25, -0.2) is 8.42 Å². The van der Waals surface area contributed by atoms with E-state index in [-0.39, 0.29) is 29.4 Å². The molecular weight excluding hydrogens is 311 g/mol. The smallest absolute Gasteiger partial charge is 0.411 e. The van der Waals surface area contributed by atoms with Crippen LogP contribution in [-0.4, -0.2) is 40.7 Å². The van der Waals surface area contributed by atoms with Gasteiger partial charge in [0.05, 0.1) is 23.4 Å². The summed E-state index contributed by atoms with van der Waals surface area (Å²) in [6.45, 7) is -1.70. The van der Waals surface area contributed by atoms with Crippen molar-refractivity contribution in [1.29, 1.82) is 0 Å². The fourth-order valence-corrected chi connectivity index (χ4v) is 3.00. The van der Waals surface area contributed by atoms with Gasteiger partial charge in [-0.3, -0.25) is 0 Å². The summed E-state index contributed by atoms with van der Waals surface area (Å²) in [6, 6.07) is 4.19. The molecule has 0 amide bonds. The highest BCUT2D eigenvalue weighted by Crippen LogP contribution is 2.25. The van der Waals surface area contributed by atoms with Crippen LogP contribution in [0.15, 0.2) is 23.1 Å². The number of hydrogen-bond acceptors (Lipinski definition) is 5. The molecule has 0 aromatic heterocycles. The lowest BCUT2D eigenvalue weighted by atomic mass is 10.3. The fourth-order valence-electron chi connectivity index (χ4n) is 1.56. The minimum Gasteiger partial charge on any atom is -0.497 e. The van der Waals surface area contributed by atoms with Crippen molar-refractivity contribution in [2.45, 2.75) is 17.5 Å². The van der Waals surface area contributed by atoms with Gasteiger partial charge in [0.1, 0.15) is 12.4 Å². The zero-order chi connectivity index (χ0) is 16.1. The molecule has 0 saturated heterocycles. The maximum atomic E-state index is 12.1. The van der Waals surface area contributed by atoms with Gasteiger partial charge in [0.2, 0.25) is 0 Å². The molecule has 0 atom stereocenters. The van der Waals surface area contributed by atoms with E-state index in [0.29, 0.717) is 5.75 Å². The highest BCUT2D eigenvalue weighted by Gasteiger charge is 2.27. The topological polar surface area (TPSA) is 78.6 Å². The molecule has 1 aromatic rings. The van der Waals surface area contributed by atoms with Crippen LogP contribution in [0.3, 0.4) is 0 Å². The lowest BCUT2D eigenvalue weighted by Gasteiger charge is -2.10. The second-order valence-electron chi connectivity index (χ2n) is 4.24. The molecule has 0 aliphatic heterocycles. The zero-order valence-corrected chi connectivity index (χ0v) is 12.1. The van der Waals surface area contributed by atoms with E-state index in [9.17, 15) is 21.6 Å². The van der Waals surface area contributed by atoms with Crippen LogP contribution in [0.5, 0.6) is 5.75 Å². The number of nitrogen functional groups attached to an aromatic ring is 1. The van der Waals surface area contributed by atoms with Crippen LogP contribution in [0.2, 0.25) is 0 Å². The number of benzene rings is 1. The van der Waals surface area contributed by atoms with E-state index in [1.54, 1.807) is 0 Å². The molecule has 120 valence electrons. The van der Waals surface area contributed by atoms with E-state index < -0.39 is 22.6 Å². The molecule has 9 heteroatoms. The van der Waals surface area contributed by atoms with Crippen LogP contribution in [0, 0.1) is 0 Å². The Morgan fingerprint density at radius 1 is 1.29 bits per heavy atom. The van der Waals surface area contributed by atoms with Gasteiger partial charge in [0, 0.05) is 12.7 Å². The van der Waals surface area contributed by atoms with Crippen molar-refractivity contribution in [2.75, 3.05) is 31.8 Å². The minimum atomic E-state index is -4.42. The summed E-state index contributed by atoms with van der Waals surface area (Å²) in [5.74, 6) is -0.0292. The van der Waals surface area contributed by atoms with Crippen LogP contribution in [-0.2, 0) is 14.6 Å². The highest BCUT2D eigenvalue weighted by molar-refractivity contribution is 7.91. The first-order valence-corrected chi connectivity index (χ1v) is 7.62. The van der Waals surface area contributed by atoms with Gasteiger partial charge in [-0.2, -0.15) is 13.2 Å². The third kappa shape index (κ3) is 5.80. The molecule has 0 unspecified atom stereocenters. The Balaban J connectivity index is 2.62. The molecule has 5 nitrogen and oxygen atoms in total. The van der Waals surface area contributed by atoms with E-state index >= 15 is 0 Å². The number of halogens is 3. The molecular formula is C12H16F3NO4S. The van der Waals surface area contributed by atoms with E-state index in [0.717, 1.165) is 0 Å². The van der Waals surface area contributed by atoms with Crippen LogP contribution in [0.25, 0.3) is 0 Å². The van der Waals surface area contributed by atoms with E-state index in [2.05, 4.69) is 4.74 Å². The monoisotopic (exact) mass is 327 g/mol. The molecule has 21 heavy (non-hydrogen) atoms. The molecule has 0 bridgehead atoms. The number of anilines is 1. The zero-order valence-electron chi connectivity index (χ0n) is 11.3. The minimum absolute atomic E-state index is 0.0605. The van der Waals surface area contributed by atoms with Crippen molar-refractivity contribution in [3.63, 3.8) is 0 Å². The van der Waals surface area contributed by atoms with Crippen molar-refractivity contribution >= 4 is 15.5 Å². The Morgan fingerprint density at radius 2 is 1.95 bits per heavy atom. The third-order valence-electron chi connectivity index (χ3n) is 2.52.